The standard InChI is InChI=1S/C17H21FN2O2/c18-14-9-5-4-8-13(14)12-20-15(21)17(19-16(20)22)10-6-2-1-3-7-11-17/h4-5,8-9H,1-3,6-7,10-12H2,(H,19,22). The van der Waals surface area contributed by atoms with Crippen molar-refractivity contribution in [1.29, 1.82) is 0 Å². The fourth-order valence-corrected chi connectivity index (χ4v) is 3.46. The van der Waals surface area contributed by atoms with Crippen LogP contribution in [0.2, 0.25) is 0 Å². The van der Waals surface area contributed by atoms with E-state index in [1.165, 1.54) is 17.4 Å². The van der Waals surface area contributed by atoms with Crippen LogP contribution in [-0.2, 0) is 11.3 Å². The first-order valence-corrected chi connectivity index (χ1v) is 8.00. The smallest absolute Gasteiger partial charge is 0.323 e. The van der Waals surface area contributed by atoms with Crippen molar-refractivity contribution >= 4 is 11.9 Å². The Morgan fingerprint density at radius 3 is 2.36 bits per heavy atom. The SMILES string of the molecule is O=C1NC2(CCCCCCC2)C(=O)N1Cc1ccccc1F. The van der Waals surface area contributed by atoms with Gasteiger partial charge in [-0.25, -0.2) is 9.18 Å². The maximum atomic E-state index is 13.8. The van der Waals surface area contributed by atoms with E-state index in [1.807, 2.05) is 0 Å². The number of rotatable bonds is 2. The van der Waals surface area contributed by atoms with Gasteiger partial charge < -0.3 is 5.32 Å². The van der Waals surface area contributed by atoms with Crippen LogP contribution in [0.25, 0.3) is 0 Å². The molecule has 3 rings (SSSR count). The number of carbonyl (C=O) groups excluding carboxylic acids is 2. The van der Waals surface area contributed by atoms with E-state index in [2.05, 4.69) is 5.32 Å². The predicted molar refractivity (Wildman–Crippen MR) is 80.5 cm³/mol. The van der Waals surface area contributed by atoms with E-state index in [1.54, 1.807) is 18.2 Å². The Morgan fingerprint density at radius 1 is 1.05 bits per heavy atom. The van der Waals surface area contributed by atoms with Crippen molar-refractivity contribution in [2.45, 2.75) is 57.0 Å². The molecule has 0 atom stereocenters. The van der Waals surface area contributed by atoms with Gasteiger partial charge in [-0.3, -0.25) is 9.69 Å². The normalized spacial score (nSPS) is 21.6. The predicted octanol–water partition coefficient (Wildman–Crippen LogP) is 3.36. The van der Waals surface area contributed by atoms with Gasteiger partial charge in [-0.1, -0.05) is 50.3 Å². The highest BCUT2D eigenvalue weighted by atomic mass is 19.1. The average Bonchev–Trinajstić information content (AvgIpc) is 2.70. The molecule has 2 aliphatic rings. The number of nitrogens with zero attached hydrogens (tertiary/aromatic N) is 1. The van der Waals surface area contributed by atoms with Gasteiger partial charge in [0, 0.05) is 5.56 Å². The first-order valence-electron chi connectivity index (χ1n) is 8.00. The summed E-state index contributed by atoms with van der Waals surface area (Å²) in [5, 5.41) is 2.89. The highest BCUT2D eigenvalue weighted by Gasteiger charge is 2.50. The Morgan fingerprint density at radius 2 is 1.68 bits per heavy atom. The molecule has 1 aromatic carbocycles. The molecule has 5 heteroatoms. The zero-order valence-electron chi connectivity index (χ0n) is 12.6. The van der Waals surface area contributed by atoms with Gasteiger partial charge in [0.05, 0.1) is 6.54 Å². The first kappa shape index (κ1) is 15.0. The van der Waals surface area contributed by atoms with Crippen molar-refractivity contribution in [1.82, 2.24) is 10.2 Å². The minimum Gasteiger partial charge on any atom is -0.323 e. The van der Waals surface area contributed by atoms with Crippen molar-refractivity contribution in [2.24, 2.45) is 0 Å². The summed E-state index contributed by atoms with van der Waals surface area (Å²) in [7, 11) is 0. The van der Waals surface area contributed by atoms with Crippen LogP contribution in [0.3, 0.4) is 0 Å². The molecule has 0 unspecified atom stereocenters. The number of urea groups is 1. The Kier molecular flexibility index (Phi) is 4.14. The molecule has 0 aromatic heterocycles. The quantitative estimate of drug-likeness (QED) is 0.852. The lowest BCUT2D eigenvalue weighted by molar-refractivity contribution is -0.132. The van der Waals surface area contributed by atoms with Crippen LogP contribution < -0.4 is 5.32 Å². The topological polar surface area (TPSA) is 49.4 Å². The minimum atomic E-state index is -0.761. The summed E-state index contributed by atoms with van der Waals surface area (Å²) < 4.78 is 13.8. The number of carbonyl (C=O) groups is 2. The highest BCUT2D eigenvalue weighted by molar-refractivity contribution is 6.06. The number of halogens is 1. The van der Waals surface area contributed by atoms with E-state index < -0.39 is 11.6 Å². The lowest BCUT2D eigenvalue weighted by atomic mass is 9.84. The van der Waals surface area contributed by atoms with Crippen molar-refractivity contribution in [2.75, 3.05) is 0 Å². The van der Waals surface area contributed by atoms with Gasteiger partial charge in [0.25, 0.3) is 5.91 Å². The second-order valence-corrected chi connectivity index (χ2v) is 6.26. The molecule has 0 bridgehead atoms. The van der Waals surface area contributed by atoms with Crippen molar-refractivity contribution in [3.05, 3.63) is 35.6 Å². The molecule has 118 valence electrons. The summed E-state index contributed by atoms with van der Waals surface area (Å²) >= 11 is 0. The van der Waals surface area contributed by atoms with Crippen LogP contribution in [0.5, 0.6) is 0 Å². The summed E-state index contributed by atoms with van der Waals surface area (Å²) in [5.41, 5.74) is -0.392. The van der Waals surface area contributed by atoms with Gasteiger partial charge in [0.2, 0.25) is 0 Å². The molecule has 1 aliphatic heterocycles. The van der Waals surface area contributed by atoms with Gasteiger partial charge in [-0.15, -0.1) is 0 Å². The van der Waals surface area contributed by atoms with E-state index in [0.717, 1.165) is 25.7 Å². The van der Waals surface area contributed by atoms with E-state index in [4.69, 9.17) is 0 Å². The van der Waals surface area contributed by atoms with Gasteiger partial charge in [-0.2, -0.15) is 0 Å². The molecule has 0 radical (unpaired) electrons. The zero-order valence-corrected chi connectivity index (χ0v) is 12.6. The van der Waals surface area contributed by atoms with Crippen LogP contribution in [0.15, 0.2) is 24.3 Å². The van der Waals surface area contributed by atoms with Crippen LogP contribution in [0.1, 0.15) is 50.5 Å². The summed E-state index contributed by atoms with van der Waals surface area (Å²) in [6.45, 7) is -0.000903. The summed E-state index contributed by atoms with van der Waals surface area (Å²) in [6, 6.07) is 5.87. The molecule has 3 amide bonds. The third-order valence-corrected chi connectivity index (χ3v) is 4.74. The van der Waals surface area contributed by atoms with E-state index in [9.17, 15) is 14.0 Å². The summed E-state index contributed by atoms with van der Waals surface area (Å²) in [6.07, 6.45) is 6.64. The Labute approximate surface area is 129 Å². The molecule has 2 fully saturated rings. The third-order valence-electron chi connectivity index (χ3n) is 4.74. The van der Waals surface area contributed by atoms with Crippen LogP contribution >= 0.6 is 0 Å². The number of hydrogen-bond donors (Lipinski definition) is 1. The molecular formula is C17H21FN2O2. The Bertz CT molecular complexity index is 580. The Hall–Kier alpha value is -1.91. The first-order chi connectivity index (χ1) is 10.6. The molecule has 1 heterocycles. The van der Waals surface area contributed by atoms with Gasteiger partial charge in [0.1, 0.15) is 11.4 Å². The lowest BCUT2D eigenvalue weighted by Gasteiger charge is -2.28. The van der Waals surface area contributed by atoms with Crippen molar-refractivity contribution in [3.8, 4) is 0 Å². The molecule has 1 aliphatic carbocycles. The number of hydrogen-bond acceptors (Lipinski definition) is 2. The van der Waals surface area contributed by atoms with Crippen molar-refractivity contribution < 1.29 is 14.0 Å². The van der Waals surface area contributed by atoms with E-state index in [0.29, 0.717) is 18.4 Å². The number of benzene rings is 1. The molecular weight excluding hydrogens is 283 g/mol. The van der Waals surface area contributed by atoms with Crippen LogP contribution in [-0.4, -0.2) is 22.4 Å². The fourth-order valence-electron chi connectivity index (χ4n) is 3.46. The largest absolute Gasteiger partial charge is 0.325 e. The zero-order chi connectivity index (χ0) is 15.6. The second-order valence-electron chi connectivity index (χ2n) is 6.26. The van der Waals surface area contributed by atoms with Gasteiger partial charge in [0.15, 0.2) is 0 Å². The molecule has 1 aromatic rings. The lowest BCUT2D eigenvalue weighted by Crippen LogP contribution is -2.47. The number of nitrogens with one attached hydrogen (secondary N) is 1. The van der Waals surface area contributed by atoms with Gasteiger partial charge >= 0.3 is 6.03 Å². The van der Waals surface area contributed by atoms with E-state index in [-0.39, 0.29) is 18.3 Å². The van der Waals surface area contributed by atoms with Crippen molar-refractivity contribution in [3.63, 3.8) is 0 Å². The fraction of sp³-hybridized carbons (Fsp3) is 0.529. The van der Waals surface area contributed by atoms with Crippen LogP contribution in [0, 0.1) is 5.82 Å². The van der Waals surface area contributed by atoms with Gasteiger partial charge in [-0.05, 0) is 18.9 Å². The van der Waals surface area contributed by atoms with E-state index >= 15 is 0 Å². The minimum absolute atomic E-state index is 0.000903. The molecule has 4 nitrogen and oxygen atoms in total. The molecule has 1 saturated heterocycles. The number of imide groups is 1. The summed E-state index contributed by atoms with van der Waals surface area (Å²) in [4.78, 5) is 26.2. The Balaban J connectivity index is 1.80. The monoisotopic (exact) mass is 304 g/mol. The molecule has 1 spiro atoms. The highest BCUT2D eigenvalue weighted by Crippen LogP contribution is 2.32. The second kappa shape index (κ2) is 6.07. The molecule has 1 N–H and O–H groups in total. The summed E-state index contributed by atoms with van der Waals surface area (Å²) in [5.74, 6) is -0.579. The third kappa shape index (κ3) is 2.72. The molecule has 1 saturated carbocycles. The maximum absolute atomic E-state index is 13.8. The maximum Gasteiger partial charge on any atom is 0.325 e. The number of amides is 3. The molecule has 22 heavy (non-hydrogen) atoms. The average molecular weight is 304 g/mol. The van der Waals surface area contributed by atoms with Crippen LogP contribution in [0.4, 0.5) is 9.18 Å².